The molecule has 1 atom stereocenters. The number of amides is 1. The average Bonchev–Trinajstić information content (AvgIpc) is 2.31. The lowest BCUT2D eigenvalue weighted by Crippen LogP contribution is -2.29. The third-order valence-corrected chi connectivity index (χ3v) is 2.01. The molecule has 0 aliphatic heterocycles. The number of benzene rings is 1. The van der Waals surface area contributed by atoms with E-state index in [1.807, 2.05) is 6.92 Å². The van der Waals surface area contributed by atoms with Gasteiger partial charge < -0.3 is 10.1 Å². The van der Waals surface area contributed by atoms with E-state index in [0.29, 0.717) is 12.3 Å². The fourth-order valence-corrected chi connectivity index (χ4v) is 1.11. The minimum Gasteiger partial charge on any atom is -0.494 e. The van der Waals surface area contributed by atoms with Crippen molar-refractivity contribution in [1.29, 1.82) is 0 Å². The molecule has 1 rings (SSSR count). The zero-order valence-electron chi connectivity index (χ0n) is 9.40. The fourth-order valence-electron chi connectivity index (χ4n) is 1.11. The molecule has 0 aliphatic carbocycles. The Labute approximate surface area is 94.5 Å². The van der Waals surface area contributed by atoms with Gasteiger partial charge in [-0.15, -0.1) is 0 Å². The highest BCUT2D eigenvalue weighted by Gasteiger charge is 2.11. The van der Waals surface area contributed by atoms with Crippen LogP contribution in [0.15, 0.2) is 24.3 Å². The van der Waals surface area contributed by atoms with Gasteiger partial charge in [-0.05, 0) is 38.1 Å². The summed E-state index contributed by atoms with van der Waals surface area (Å²) in [6.45, 7) is 4.10. The summed E-state index contributed by atoms with van der Waals surface area (Å²) in [6, 6.07) is 7.08. The molecule has 1 aromatic rings. The van der Waals surface area contributed by atoms with Crippen molar-refractivity contribution in [2.75, 3.05) is 11.9 Å². The molecule has 0 spiro atoms. The van der Waals surface area contributed by atoms with Crippen LogP contribution in [0.4, 0.5) is 5.69 Å². The van der Waals surface area contributed by atoms with Crippen LogP contribution in [0, 0.1) is 0 Å². The van der Waals surface area contributed by atoms with Gasteiger partial charge in [-0.1, -0.05) is 0 Å². The zero-order valence-corrected chi connectivity index (χ0v) is 9.40. The second kappa shape index (κ2) is 6.09. The molecule has 1 amide bonds. The maximum atomic E-state index is 11.4. The standard InChI is InChI=1S/C11H16N2O3/c1-3-15-10-6-4-9(5-7-10)13-11(14)8(2)16-12/h4-8H,3,12H2,1-2H3,(H,13,14). The minimum absolute atomic E-state index is 0.286. The Morgan fingerprint density at radius 1 is 1.44 bits per heavy atom. The molecule has 0 bridgehead atoms. The lowest BCUT2D eigenvalue weighted by atomic mass is 10.3. The minimum atomic E-state index is -0.674. The summed E-state index contributed by atoms with van der Waals surface area (Å²) in [5.74, 6) is 5.39. The molecule has 0 fully saturated rings. The monoisotopic (exact) mass is 224 g/mol. The molecule has 1 unspecified atom stereocenters. The number of carbonyl (C=O) groups is 1. The predicted molar refractivity (Wildman–Crippen MR) is 61.0 cm³/mol. The molecule has 16 heavy (non-hydrogen) atoms. The van der Waals surface area contributed by atoms with Crippen LogP contribution >= 0.6 is 0 Å². The van der Waals surface area contributed by atoms with Crippen LogP contribution in [-0.2, 0) is 9.63 Å². The van der Waals surface area contributed by atoms with Crippen LogP contribution in [0.1, 0.15) is 13.8 Å². The average molecular weight is 224 g/mol. The van der Waals surface area contributed by atoms with Crippen molar-refractivity contribution < 1.29 is 14.4 Å². The van der Waals surface area contributed by atoms with Crippen LogP contribution in [0.3, 0.4) is 0 Å². The Kier molecular flexibility index (Phi) is 4.75. The summed E-state index contributed by atoms with van der Waals surface area (Å²) >= 11 is 0. The highest BCUT2D eigenvalue weighted by atomic mass is 16.6. The third kappa shape index (κ3) is 3.52. The quantitative estimate of drug-likeness (QED) is 0.739. The molecular weight excluding hydrogens is 208 g/mol. The summed E-state index contributed by atoms with van der Waals surface area (Å²) in [4.78, 5) is 15.8. The lowest BCUT2D eigenvalue weighted by molar-refractivity contribution is -0.126. The van der Waals surface area contributed by atoms with Gasteiger partial charge in [0.15, 0.2) is 6.10 Å². The number of anilines is 1. The van der Waals surface area contributed by atoms with Gasteiger partial charge >= 0.3 is 0 Å². The van der Waals surface area contributed by atoms with Crippen LogP contribution in [0.25, 0.3) is 0 Å². The van der Waals surface area contributed by atoms with E-state index in [1.54, 1.807) is 31.2 Å². The van der Waals surface area contributed by atoms with Gasteiger partial charge in [0.05, 0.1) is 6.61 Å². The van der Waals surface area contributed by atoms with Gasteiger partial charge in [0.25, 0.3) is 5.91 Å². The number of rotatable bonds is 5. The van der Waals surface area contributed by atoms with E-state index >= 15 is 0 Å². The Bertz CT molecular complexity index is 338. The second-order valence-electron chi connectivity index (χ2n) is 3.22. The molecule has 1 aromatic carbocycles. The van der Waals surface area contributed by atoms with Crippen molar-refractivity contribution in [1.82, 2.24) is 0 Å². The molecule has 0 saturated carbocycles. The first-order chi connectivity index (χ1) is 7.67. The predicted octanol–water partition coefficient (Wildman–Crippen LogP) is 1.30. The van der Waals surface area contributed by atoms with Crippen molar-refractivity contribution >= 4 is 11.6 Å². The summed E-state index contributed by atoms with van der Waals surface area (Å²) < 4.78 is 5.28. The normalized spacial score (nSPS) is 11.9. The van der Waals surface area contributed by atoms with Crippen molar-refractivity contribution in [2.24, 2.45) is 5.90 Å². The summed E-state index contributed by atoms with van der Waals surface area (Å²) in [7, 11) is 0. The summed E-state index contributed by atoms with van der Waals surface area (Å²) in [5, 5.41) is 2.66. The number of nitrogens with one attached hydrogen (secondary N) is 1. The molecular formula is C11H16N2O3. The molecule has 0 aliphatic rings. The first kappa shape index (κ1) is 12.5. The lowest BCUT2D eigenvalue weighted by Gasteiger charge is -2.10. The smallest absolute Gasteiger partial charge is 0.255 e. The SMILES string of the molecule is CCOc1ccc(NC(=O)C(C)ON)cc1. The van der Waals surface area contributed by atoms with Crippen LogP contribution in [0.2, 0.25) is 0 Å². The number of ether oxygens (including phenoxy) is 1. The van der Waals surface area contributed by atoms with E-state index in [2.05, 4.69) is 10.2 Å². The molecule has 3 N–H and O–H groups in total. The second-order valence-corrected chi connectivity index (χ2v) is 3.22. The van der Waals surface area contributed by atoms with Gasteiger partial charge in [0.1, 0.15) is 5.75 Å². The Morgan fingerprint density at radius 2 is 2.06 bits per heavy atom. The van der Waals surface area contributed by atoms with E-state index < -0.39 is 6.10 Å². The first-order valence-corrected chi connectivity index (χ1v) is 5.06. The fraction of sp³-hybridized carbons (Fsp3) is 0.364. The van der Waals surface area contributed by atoms with Crippen LogP contribution in [-0.4, -0.2) is 18.6 Å². The number of carbonyl (C=O) groups excluding carboxylic acids is 1. The highest BCUT2D eigenvalue weighted by Crippen LogP contribution is 2.15. The van der Waals surface area contributed by atoms with E-state index in [-0.39, 0.29) is 5.91 Å². The van der Waals surface area contributed by atoms with Gasteiger partial charge in [0.2, 0.25) is 0 Å². The molecule has 0 radical (unpaired) electrons. The van der Waals surface area contributed by atoms with E-state index in [9.17, 15) is 4.79 Å². The van der Waals surface area contributed by atoms with E-state index in [1.165, 1.54) is 0 Å². The summed E-state index contributed by atoms with van der Waals surface area (Å²) in [5.41, 5.74) is 0.678. The number of hydrogen-bond donors (Lipinski definition) is 2. The Hall–Kier alpha value is -1.59. The van der Waals surface area contributed by atoms with Crippen molar-refractivity contribution in [2.45, 2.75) is 20.0 Å². The maximum absolute atomic E-state index is 11.4. The molecule has 88 valence electrons. The highest BCUT2D eigenvalue weighted by molar-refractivity contribution is 5.93. The largest absolute Gasteiger partial charge is 0.494 e. The molecule has 0 heterocycles. The number of hydrogen-bond acceptors (Lipinski definition) is 4. The van der Waals surface area contributed by atoms with Gasteiger partial charge in [-0.2, -0.15) is 0 Å². The molecule has 5 nitrogen and oxygen atoms in total. The first-order valence-electron chi connectivity index (χ1n) is 5.06. The summed E-state index contributed by atoms with van der Waals surface area (Å²) in [6.07, 6.45) is -0.674. The molecule has 0 aromatic heterocycles. The van der Waals surface area contributed by atoms with E-state index in [4.69, 9.17) is 10.6 Å². The van der Waals surface area contributed by atoms with Gasteiger partial charge in [-0.25, -0.2) is 5.90 Å². The van der Waals surface area contributed by atoms with Crippen LogP contribution < -0.4 is 16.0 Å². The van der Waals surface area contributed by atoms with E-state index in [0.717, 1.165) is 5.75 Å². The van der Waals surface area contributed by atoms with Crippen molar-refractivity contribution in [3.63, 3.8) is 0 Å². The zero-order chi connectivity index (χ0) is 12.0. The molecule has 0 saturated heterocycles. The van der Waals surface area contributed by atoms with Gasteiger partial charge in [-0.3, -0.25) is 9.63 Å². The topological polar surface area (TPSA) is 73.6 Å². The number of nitrogens with two attached hydrogens (primary N) is 1. The maximum Gasteiger partial charge on any atom is 0.255 e. The Balaban J connectivity index is 2.58. The van der Waals surface area contributed by atoms with Gasteiger partial charge in [0, 0.05) is 5.69 Å². The molecule has 5 heteroatoms. The third-order valence-electron chi connectivity index (χ3n) is 2.01. The van der Waals surface area contributed by atoms with Crippen LogP contribution in [0.5, 0.6) is 5.75 Å². The Morgan fingerprint density at radius 3 is 2.56 bits per heavy atom. The van der Waals surface area contributed by atoms with Crippen molar-refractivity contribution in [3.05, 3.63) is 24.3 Å². The van der Waals surface area contributed by atoms with Crippen molar-refractivity contribution in [3.8, 4) is 5.75 Å².